The summed E-state index contributed by atoms with van der Waals surface area (Å²) >= 11 is 0. The second-order valence-electron chi connectivity index (χ2n) is 8.92. The van der Waals surface area contributed by atoms with Crippen LogP contribution >= 0.6 is 0 Å². The summed E-state index contributed by atoms with van der Waals surface area (Å²) in [5, 5.41) is 11.0. The Morgan fingerprint density at radius 2 is 1.62 bits per heavy atom. The quantitative estimate of drug-likeness (QED) is 0.524. The van der Waals surface area contributed by atoms with Gasteiger partial charge in [-0.25, -0.2) is 8.42 Å². The van der Waals surface area contributed by atoms with Gasteiger partial charge in [-0.2, -0.15) is 0 Å². The first-order chi connectivity index (χ1) is 16.1. The van der Waals surface area contributed by atoms with Crippen LogP contribution in [0.3, 0.4) is 0 Å². The number of ether oxygens (including phenoxy) is 1. The van der Waals surface area contributed by atoms with Gasteiger partial charge in [0.2, 0.25) is 0 Å². The highest BCUT2D eigenvalue weighted by Crippen LogP contribution is 2.38. The smallest absolute Gasteiger partial charge is 0.308 e. The maximum atomic E-state index is 13.6. The van der Waals surface area contributed by atoms with E-state index in [1.807, 2.05) is 44.2 Å². The van der Waals surface area contributed by atoms with Crippen LogP contribution in [0.15, 0.2) is 41.3 Å². The fourth-order valence-electron chi connectivity index (χ4n) is 4.98. The van der Waals surface area contributed by atoms with E-state index in [4.69, 9.17) is 4.74 Å². The van der Waals surface area contributed by atoms with Gasteiger partial charge in [0.25, 0.3) is 10.0 Å². The first kappa shape index (κ1) is 23.9. The van der Waals surface area contributed by atoms with Crippen molar-refractivity contribution in [2.75, 3.05) is 29.8 Å². The van der Waals surface area contributed by atoms with Crippen molar-refractivity contribution >= 4 is 38.1 Å². The monoisotopic (exact) mass is 482 g/mol. The summed E-state index contributed by atoms with van der Waals surface area (Å²) in [6.07, 6.45) is 0.590. The number of fused-ring (bicyclic) bond motifs is 1. The highest BCUT2D eigenvalue weighted by molar-refractivity contribution is 7.92. The zero-order chi connectivity index (χ0) is 24.8. The number of carbonyl (C=O) groups is 1. The van der Waals surface area contributed by atoms with Gasteiger partial charge >= 0.3 is 5.97 Å². The lowest BCUT2D eigenvalue weighted by molar-refractivity contribution is -0.140. The van der Waals surface area contributed by atoms with E-state index in [-0.39, 0.29) is 4.90 Å². The van der Waals surface area contributed by atoms with Crippen LogP contribution in [0.4, 0.5) is 11.4 Å². The van der Waals surface area contributed by atoms with E-state index < -0.39 is 21.9 Å². The van der Waals surface area contributed by atoms with Gasteiger partial charge < -0.3 is 14.7 Å². The van der Waals surface area contributed by atoms with Crippen molar-refractivity contribution in [2.24, 2.45) is 5.92 Å². The molecule has 0 radical (unpaired) electrons. The Balaban J connectivity index is 1.78. The average molecular weight is 483 g/mol. The summed E-state index contributed by atoms with van der Waals surface area (Å²) < 4.78 is 35.6. The van der Waals surface area contributed by atoms with E-state index in [9.17, 15) is 18.3 Å². The molecule has 0 aliphatic carbocycles. The Morgan fingerprint density at radius 1 is 1.00 bits per heavy atom. The fourth-order valence-corrected chi connectivity index (χ4v) is 6.66. The van der Waals surface area contributed by atoms with Gasteiger partial charge in [0.15, 0.2) is 0 Å². The largest absolute Gasteiger partial charge is 0.496 e. The molecule has 0 aromatic heterocycles. The van der Waals surface area contributed by atoms with Crippen molar-refractivity contribution in [1.82, 2.24) is 0 Å². The molecule has 34 heavy (non-hydrogen) atoms. The van der Waals surface area contributed by atoms with Gasteiger partial charge in [0.05, 0.1) is 23.6 Å². The number of methoxy groups -OCH3 is 1. The molecule has 0 saturated carbocycles. The molecule has 2 N–H and O–H groups in total. The molecule has 0 amide bonds. The molecule has 180 valence electrons. The standard InChI is InChI=1S/C26H30N2O5S/c1-15-17(3)25(18(4)16(2)24(15)33-5)34(31,32)27-22-10-11-23(21-9-7-6-8-20(21)22)28-13-12-19(14-28)26(29)30/h6-11,19,27H,12-14H2,1-5H3,(H,29,30). The summed E-state index contributed by atoms with van der Waals surface area (Å²) in [6, 6.07) is 11.2. The Labute approximate surface area is 200 Å². The minimum atomic E-state index is -3.88. The molecule has 3 aromatic rings. The third kappa shape index (κ3) is 3.96. The van der Waals surface area contributed by atoms with Crippen molar-refractivity contribution in [2.45, 2.75) is 39.0 Å². The third-order valence-corrected chi connectivity index (χ3v) is 8.62. The van der Waals surface area contributed by atoms with Gasteiger partial charge in [-0.05, 0) is 68.5 Å². The van der Waals surface area contributed by atoms with E-state index in [1.54, 1.807) is 27.0 Å². The third-order valence-electron chi connectivity index (χ3n) is 6.98. The lowest BCUT2D eigenvalue weighted by Crippen LogP contribution is -2.23. The lowest BCUT2D eigenvalue weighted by Gasteiger charge is -2.23. The number of benzene rings is 3. The van der Waals surface area contributed by atoms with Crippen molar-refractivity contribution in [3.05, 3.63) is 58.7 Å². The van der Waals surface area contributed by atoms with Crippen LogP contribution in [0.1, 0.15) is 28.7 Å². The Hall–Kier alpha value is -3.26. The molecule has 1 heterocycles. The second kappa shape index (κ2) is 8.83. The molecule has 1 unspecified atom stereocenters. The molecule has 8 heteroatoms. The highest BCUT2D eigenvalue weighted by Gasteiger charge is 2.30. The van der Waals surface area contributed by atoms with Crippen LogP contribution in [0.2, 0.25) is 0 Å². The zero-order valence-corrected chi connectivity index (χ0v) is 20.9. The number of hydrogen-bond donors (Lipinski definition) is 2. The molecule has 1 fully saturated rings. The molecule has 0 spiro atoms. The predicted molar refractivity (Wildman–Crippen MR) is 135 cm³/mol. The zero-order valence-electron chi connectivity index (χ0n) is 20.1. The topological polar surface area (TPSA) is 95.9 Å². The Kier molecular flexibility index (Phi) is 6.20. The van der Waals surface area contributed by atoms with Crippen molar-refractivity contribution < 1.29 is 23.1 Å². The first-order valence-electron chi connectivity index (χ1n) is 11.2. The number of hydrogen-bond acceptors (Lipinski definition) is 5. The van der Waals surface area contributed by atoms with Gasteiger partial charge in [0.1, 0.15) is 5.75 Å². The van der Waals surface area contributed by atoms with Gasteiger partial charge in [0, 0.05) is 29.5 Å². The minimum absolute atomic E-state index is 0.264. The van der Waals surface area contributed by atoms with Crippen LogP contribution in [-0.2, 0) is 14.8 Å². The molecule has 1 aliphatic rings. The number of carboxylic acid groups (broad SMARTS) is 1. The number of anilines is 2. The Bertz CT molecular complexity index is 1370. The van der Waals surface area contributed by atoms with Crippen LogP contribution < -0.4 is 14.4 Å². The van der Waals surface area contributed by atoms with E-state index >= 15 is 0 Å². The number of nitrogens with one attached hydrogen (secondary N) is 1. The average Bonchev–Trinajstić information content (AvgIpc) is 3.29. The predicted octanol–water partition coefficient (Wildman–Crippen LogP) is 4.79. The van der Waals surface area contributed by atoms with Crippen molar-refractivity contribution in [3.8, 4) is 5.75 Å². The van der Waals surface area contributed by atoms with E-state index in [0.717, 1.165) is 27.6 Å². The summed E-state index contributed by atoms with van der Waals surface area (Å²) in [5.41, 5.74) is 4.31. The maximum Gasteiger partial charge on any atom is 0.308 e. The molecular formula is C26H30N2O5S. The van der Waals surface area contributed by atoms with Gasteiger partial charge in [-0.15, -0.1) is 0 Å². The summed E-state index contributed by atoms with van der Waals surface area (Å²) in [6.45, 7) is 8.41. The normalized spacial score (nSPS) is 16.1. The molecule has 1 aliphatic heterocycles. The Morgan fingerprint density at radius 3 is 2.18 bits per heavy atom. The molecule has 4 rings (SSSR count). The van der Waals surface area contributed by atoms with Crippen LogP contribution in [0, 0.1) is 33.6 Å². The number of carboxylic acids is 1. The van der Waals surface area contributed by atoms with Gasteiger partial charge in [-0.3, -0.25) is 9.52 Å². The van der Waals surface area contributed by atoms with E-state index in [1.165, 1.54) is 0 Å². The summed E-state index contributed by atoms with van der Waals surface area (Å²) in [7, 11) is -2.29. The maximum absolute atomic E-state index is 13.6. The molecule has 1 atom stereocenters. The lowest BCUT2D eigenvalue weighted by atomic mass is 10.00. The van der Waals surface area contributed by atoms with E-state index in [2.05, 4.69) is 9.62 Å². The molecule has 3 aromatic carbocycles. The number of nitrogens with zero attached hydrogens (tertiary/aromatic N) is 1. The second-order valence-corrected chi connectivity index (χ2v) is 10.5. The van der Waals surface area contributed by atoms with Gasteiger partial charge in [-0.1, -0.05) is 24.3 Å². The van der Waals surface area contributed by atoms with Crippen LogP contribution in [0.25, 0.3) is 10.8 Å². The molecule has 7 nitrogen and oxygen atoms in total. The van der Waals surface area contributed by atoms with E-state index in [0.29, 0.717) is 42.1 Å². The molecule has 0 bridgehead atoms. The summed E-state index contributed by atoms with van der Waals surface area (Å²) in [5.74, 6) is -0.481. The summed E-state index contributed by atoms with van der Waals surface area (Å²) in [4.78, 5) is 13.7. The number of sulfonamides is 1. The van der Waals surface area contributed by atoms with Crippen molar-refractivity contribution in [3.63, 3.8) is 0 Å². The molecular weight excluding hydrogens is 452 g/mol. The molecule has 1 saturated heterocycles. The highest BCUT2D eigenvalue weighted by atomic mass is 32.2. The van der Waals surface area contributed by atoms with Crippen LogP contribution in [0.5, 0.6) is 5.75 Å². The van der Waals surface area contributed by atoms with Crippen molar-refractivity contribution in [1.29, 1.82) is 0 Å². The number of aliphatic carboxylic acids is 1. The minimum Gasteiger partial charge on any atom is -0.496 e. The number of rotatable bonds is 6. The first-order valence-corrected chi connectivity index (χ1v) is 12.7. The van der Waals surface area contributed by atoms with Crippen LogP contribution in [-0.4, -0.2) is 39.7 Å². The SMILES string of the molecule is COc1c(C)c(C)c(S(=O)(=O)Nc2ccc(N3CCC(C(=O)O)C3)c3ccccc23)c(C)c1C. The fraction of sp³-hybridized carbons (Fsp3) is 0.346.